The van der Waals surface area contributed by atoms with Crippen LogP contribution in [0.1, 0.15) is 19.8 Å². The third-order valence-electron chi connectivity index (χ3n) is 3.55. The average molecular weight is 354 g/mol. The maximum atomic E-state index is 10.8. The van der Waals surface area contributed by atoms with Crippen molar-refractivity contribution in [1.82, 2.24) is 5.32 Å². The molecule has 0 aromatic heterocycles. The Kier molecular flexibility index (Phi) is 4.80. The molecule has 1 N–H and O–H groups in total. The lowest BCUT2D eigenvalue weighted by Gasteiger charge is -2.27. The summed E-state index contributed by atoms with van der Waals surface area (Å²) in [4.78, 5) is 10.3. The normalized spacial score (nSPS) is 16.8. The van der Waals surface area contributed by atoms with E-state index in [4.69, 9.17) is 4.74 Å². The van der Waals surface area contributed by atoms with Gasteiger partial charge in [0.15, 0.2) is 0 Å². The largest absolute Gasteiger partial charge is 0.489 e. The Morgan fingerprint density at radius 3 is 2.86 bits per heavy atom. The molecule has 7 heteroatoms. The first-order valence-corrected chi connectivity index (χ1v) is 7.54. The highest BCUT2D eigenvalue weighted by Gasteiger charge is 2.46. The van der Waals surface area contributed by atoms with E-state index in [0.717, 1.165) is 12.8 Å². The summed E-state index contributed by atoms with van der Waals surface area (Å²) in [5.74, 6) is 0.655. The van der Waals surface area contributed by atoms with Crippen LogP contribution in [0, 0.1) is 27.4 Å². The Bertz CT molecular complexity index is 583. The van der Waals surface area contributed by atoms with Crippen molar-refractivity contribution in [2.45, 2.75) is 25.3 Å². The fourth-order valence-corrected chi connectivity index (χ4v) is 2.64. The Morgan fingerprint density at radius 2 is 2.33 bits per heavy atom. The number of nitrogens with zero attached hydrogens (tertiary/aromatic N) is 2. The number of likely N-dealkylation sites (N-methyl/N-ethyl adjacent to an activating group) is 1. The lowest BCUT2D eigenvalue weighted by molar-refractivity contribution is -0.385. The van der Waals surface area contributed by atoms with Crippen LogP contribution in [0.25, 0.3) is 0 Å². The standard InChI is InChI=1S/C14H16BrN3O3/c1-2-17-14(8-16,10-3-4-10)9-21-13-7-11(18(19)20)5-6-12(13)15/h5-7,10,17H,2-4,9H2,1H3. The average Bonchev–Trinajstić information content (AvgIpc) is 3.29. The molecule has 0 spiro atoms. The Hall–Kier alpha value is -1.65. The number of nitrogens with one attached hydrogen (secondary N) is 1. The summed E-state index contributed by atoms with van der Waals surface area (Å²) in [6.07, 6.45) is 2.00. The molecule has 2 rings (SSSR count). The van der Waals surface area contributed by atoms with Gasteiger partial charge in [-0.15, -0.1) is 0 Å². The topological polar surface area (TPSA) is 88.2 Å². The van der Waals surface area contributed by atoms with E-state index in [2.05, 4.69) is 27.3 Å². The van der Waals surface area contributed by atoms with Gasteiger partial charge in [-0.3, -0.25) is 15.4 Å². The molecule has 6 nitrogen and oxygen atoms in total. The zero-order valence-corrected chi connectivity index (χ0v) is 13.2. The summed E-state index contributed by atoms with van der Waals surface area (Å²) in [5, 5.41) is 23.5. The van der Waals surface area contributed by atoms with Gasteiger partial charge in [0.2, 0.25) is 0 Å². The van der Waals surface area contributed by atoms with Crippen LogP contribution in [0.15, 0.2) is 22.7 Å². The molecule has 1 aromatic carbocycles. The summed E-state index contributed by atoms with van der Waals surface area (Å²) in [5.41, 5.74) is -0.760. The predicted molar refractivity (Wildman–Crippen MR) is 81.0 cm³/mol. The van der Waals surface area contributed by atoms with Crippen LogP contribution in [0.3, 0.4) is 0 Å². The van der Waals surface area contributed by atoms with Gasteiger partial charge in [0.1, 0.15) is 17.9 Å². The summed E-state index contributed by atoms with van der Waals surface area (Å²) < 4.78 is 6.33. The van der Waals surface area contributed by atoms with Crippen LogP contribution in [0.5, 0.6) is 5.75 Å². The quantitative estimate of drug-likeness (QED) is 0.601. The van der Waals surface area contributed by atoms with E-state index in [1.807, 2.05) is 6.92 Å². The van der Waals surface area contributed by atoms with E-state index in [9.17, 15) is 15.4 Å². The summed E-state index contributed by atoms with van der Waals surface area (Å²) in [6.45, 7) is 2.78. The first-order chi connectivity index (χ1) is 10.0. The molecule has 1 aliphatic rings. The van der Waals surface area contributed by atoms with E-state index < -0.39 is 10.5 Å². The number of benzene rings is 1. The first-order valence-electron chi connectivity index (χ1n) is 6.75. The number of halogens is 1. The van der Waals surface area contributed by atoms with Crippen molar-refractivity contribution in [3.05, 3.63) is 32.8 Å². The third kappa shape index (κ3) is 3.52. The van der Waals surface area contributed by atoms with Crippen molar-refractivity contribution in [2.75, 3.05) is 13.2 Å². The number of non-ortho nitro benzene ring substituents is 1. The molecule has 0 heterocycles. The fraction of sp³-hybridized carbons (Fsp3) is 0.500. The summed E-state index contributed by atoms with van der Waals surface area (Å²) >= 11 is 3.31. The first kappa shape index (κ1) is 15.7. The maximum absolute atomic E-state index is 10.8. The minimum Gasteiger partial charge on any atom is -0.489 e. The van der Waals surface area contributed by atoms with Crippen LogP contribution in [0.4, 0.5) is 5.69 Å². The van der Waals surface area contributed by atoms with E-state index in [1.54, 1.807) is 6.07 Å². The SMILES string of the molecule is CCNC(C#N)(COc1cc([N+](=O)[O-])ccc1Br)C1CC1. The highest BCUT2D eigenvalue weighted by Crippen LogP contribution is 2.40. The number of nitro benzene ring substituents is 1. The molecule has 1 atom stereocenters. The van der Waals surface area contributed by atoms with Crippen molar-refractivity contribution >= 4 is 21.6 Å². The lowest BCUT2D eigenvalue weighted by Crippen LogP contribution is -2.50. The predicted octanol–water partition coefficient (Wildman–Crippen LogP) is 3.02. The van der Waals surface area contributed by atoms with E-state index >= 15 is 0 Å². The van der Waals surface area contributed by atoms with Crippen molar-refractivity contribution < 1.29 is 9.66 Å². The summed E-state index contributed by atoms with van der Waals surface area (Å²) in [7, 11) is 0. The van der Waals surface area contributed by atoms with Gasteiger partial charge in [0, 0.05) is 6.07 Å². The number of hydrogen-bond donors (Lipinski definition) is 1. The molecular weight excluding hydrogens is 338 g/mol. The molecule has 1 aliphatic carbocycles. The van der Waals surface area contributed by atoms with Crippen molar-refractivity contribution in [1.29, 1.82) is 5.26 Å². The second kappa shape index (κ2) is 6.41. The zero-order chi connectivity index (χ0) is 15.5. The highest BCUT2D eigenvalue weighted by molar-refractivity contribution is 9.10. The molecule has 1 saturated carbocycles. The molecular formula is C14H16BrN3O3. The Labute approximate surface area is 131 Å². The molecule has 0 aliphatic heterocycles. The summed E-state index contributed by atoms with van der Waals surface area (Å²) in [6, 6.07) is 6.66. The lowest BCUT2D eigenvalue weighted by atomic mass is 9.96. The van der Waals surface area contributed by atoms with Gasteiger partial charge >= 0.3 is 0 Å². The number of nitriles is 1. The van der Waals surface area contributed by atoms with Crippen LogP contribution >= 0.6 is 15.9 Å². The van der Waals surface area contributed by atoms with Crippen LogP contribution in [0.2, 0.25) is 0 Å². The number of ether oxygens (including phenoxy) is 1. The van der Waals surface area contributed by atoms with Gasteiger partial charge in [0.05, 0.1) is 21.5 Å². The third-order valence-corrected chi connectivity index (χ3v) is 4.20. The second-order valence-electron chi connectivity index (χ2n) is 5.05. The second-order valence-corrected chi connectivity index (χ2v) is 5.90. The minimum absolute atomic E-state index is 0.0365. The van der Waals surface area contributed by atoms with Crippen molar-refractivity contribution in [3.8, 4) is 11.8 Å². The number of nitro groups is 1. The van der Waals surface area contributed by atoms with E-state index in [-0.39, 0.29) is 18.2 Å². The van der Waals surface area contributed by atoms with Gasteiger partial charge in [-0.1, -0.05) is 6.92 Å². The van der Waals surface area contributed by atoms with Crippen LogP contribution in [-0.4, -0.2) is 23.6 Å². The van der Waals surface area contributed by atoms with Gasteiger partial charge in [-0.05, 0) is 47.3 Å². The molecule has 0 bridgehead atoms. The van der Waals surface area contributed by atoms with E-state index in [1.165, 1.54) is 12.1 Å². The molecule has 1 aromatic rings. The maximum Gasteiger partial charge on any atom is 0.273 e. The highest BCUT2D eigenvalue weighted by atomic mass is 79.9. The van der Waals surface area contributed by atoms with Gasteiger partial charge in [-0.2, -0.15) is 5.26 Å². The van der Waals surface area contributed by atoms with Gasteiger partial charge in [0.25, 0.3) is 5.69 Å². The molecule has 112 valence electrons. The van der Waals surface area contributed by atoms with Gasteiger partial charge in [-0.25, -0.2) is 0 Å². The van der Waals surface area contributed by atoms with Crippen LogP contribution < -0.4 is 10.1 Å². The smallest absolute Gasteiger partial charge is 0.273 e. The molecule has 21 heavy (non-hydrogen) atoms. The molecule has 1 unspecified atom stereocenters. The molecule has 0 amide bonds. The Morgan fingerprint density at radius 1 is 1.62 bits per heavy atom. The van der Waals surface area contributed by atoms with Crippen molar-refractivity contribution in [2.24, 2.45) is 5.92 Å². The minimum atomic E-state index is -0.723. The van der Waals surface area contributed by atoms with Crippen molar-refractivity contribution in [3.63, 3.8) is 0 Å². The molecule has 0 radical (unpaired) electrons. The van der Waals surface area contributed by atoms with E-state index in [0.29, 0.717) is 16.8 Å². The molecule has 1 fully saturated rings. The van der Waals surface area contributed by atoms with Gasteiger partial charge < -0.3 is 4.74 Å². The number of hydrogen-bond acceptors (Lipinski definition) is 5. The molecule has 0 saturated heterocycles. The zero-order valence-electron chi connectivity index (χ0n) is 11.6. The van der Waals surface area contributed by atoms with Crippen LogP contribution in [-0.2, 0) is 0 Å². The Balaban J connectivity index is 2.16. The monoisotopic (exact) mass is 353 g/mol. The number of rotatable bonds is 7. The fourth-order valence-electron chi connectivity index (χ4n) is 2.28.